The summed E-state index contributed by atoms with van der Waals surface area (Å²) in [5.74, 6) is 0.258. The van der Waals surface area contributed by atoms with Crippen molar-refractivity contribution in [3.63, 3.8) is 0 Å². The molecule has 0 aliphatic carbocycles. The first-order valence-electron chi connectivity index (χ1n) is 6.77. The van der Waals surface area contributed by atoms with E-state index < -0.39 is 0 Å². The Labute approximate surface area is 105 Å². The number of methoxy groups -OCH3 is 1. The molecule has 0 aromatic heterocycles. The molecule has 0 aromatic carbocycles. The zero-order chi connectivity index (χ0) is 12.7. The topological polar surface area (TPSA) is 41.6 Å². The van der Waals surface area contributed by atoms with Gasteiger partial charge in [0.05, 0.1) is 12.6 Å². The van der Waals surface area contributed by atoms with Gasteiger partial charge in [0, 0.05) is 19.7 Å². The van der Waals surface area contributed by atoms with Crippen LogP contribution in [-0.4, -0.2) is 49.7 Å². The Morgan fingerprint density at radius 2 is 2.18 bits per heavy atom. The van der Waals surface area contributed by atoms with Gasteiger partial charge >= 0.3 is 0 Å². The molecule has 0 aromatic rings. The fraction of sp³-hybridized carbons (Fsp3) is 0.923. The van der Waals surface area contributed by atoms with Crippen LogP contribution in [0.5, 0.6) is 0 Å². The van der Waals surface area contributed by atoms with Gasteiger partial charge < -0.3 is 15.0 Å². The minimum absolute atomic E-state index is 0.0347. The number of rotatable bonds is 7. The molecule has 4 heteroatoms. The normalized spacial score (nSPS) is 19.9. The van der Waals surface area contributed by atoms with Gasteiger partial charge in [0.1, 0.15) is 0 Å². The van der Waals surface area contributed by atoms with Gasteiger partial charge in [-0.05, 0) is 32.2 Å². The number of carbonyl (C=O) groups excluding carboxylic acids is 1. The van der Waals surface area contributed by atoms with Crippen molar-refractivity contribution in [1.29, 1.82) is 0 Å². The van der Waals surface area contributed by atoms with Crippen LogP contribution in [0, 0.1) is 0 Å². The summed E-state index contributed by atoms with van der Waals surface area (Å²) in [4.78, 5) is 14.4. The van der Waals surface area contributed by atoms with E-state index in [9.17, 15) is 4.79 Å². The molecule has 0 spiro atoms. The lowest BCUT2D eigenvalue weighted by Crippen LogP contribution is -2.49. The van der Waals surface area contributed by atoms with Crippen molar-refractivity contribution in [1.82, 2.24) is 10.2 Å². The van der Waals surface area contributed by atoms with Crippen LogP contribution in [-0.2, 0) is 9.53 Å². The van der Waals surface area contributed by atoms with Crippen molar-refractivity contribution in [3.8, 4) is 0 Å². The van der Waals surface area contributed by atoms with Crippen LogP contribution in [0.3, 0.4) is 0 Å². The van der Waals surface area contributed by atoms with Crippen LogP contribution in [0.25, 0.3) is 0 Å². The molecular formula is C13H26N2O2. The van der Waals surface area contributed by atoms with Crippen LogP contribution in [0.4, 0.5) is 0 Å². The average molecular weight is 242 g/mol. The van der Waals surface area contributed by atoms with Gasteiger partial charge in [-0.1, -0.05) is 13.8 Å². The molecule has 0 radical (unpaired) electrons. The Morgan fingerprint density at radius 3 is 2.65 bits per heavy atom. The maximum atomic E-state index is 12.4. The number of carbonyl (C=O) groups is 1. The summed E-state index contributed by atoms with van der Waals surface area (Å²) in [6.45, 7) is 6.58. The summed E-state index contributed by atoms with van der Waals surface area (Å²) in [7, 11) is 1.68. The van der Waals surface area contributed by atoms with E-state index in [0.29, 0.717) is 19.2 Å². The maximum absolute atomic E-state index is 12.4. The Hall–Kier alpha value is -0.610. The van der Waals surface area contributed by atoms with E-state index in [1.54, 1.807) is 7.11 Å². The maximum Gasteiger partial charge on any atom is 0.240 e. The highest BCUT2D eigenvalue weighted by Gasteiger charge is 2.29. The van der Waals surface area contributed by atoms with Crippen LogP contribution in [0.15, 0.2) is 0 Å². The smallest absolute Gasteiger partial charge is 0.240 e. The minimum atomic E-state index is 0.0347. The fourth-order valence-corrected chi connectivity index (χ4v) is 2.49. The third-order valence-electron chi connectivity index (χ3n) is 3.56. The van der Waals surface area contributed by atoms with E-state index in [-0.39, 0.29) is 11.9 Å². The van der Waals surface area contributed by atoms with Crippen molar-refractivity contribution < 1.29 is 9.53 Å². The lowest BCUT2D eigenvalue weighted by atomic mass is 10.1. The molecule has 17 heavy (non-hydrogen) atoms. The van der Waals surface area contributed by atoms with Gasteiger partial charge in [0.25, 0.3) is 0 Å². The SMILES string of the molecule is CCC(CC)N(CCOC)C(=O)C1CCCN1. The van der Waals surface area contributed by atoms with Gasteiger partial charge in [0.15, 0.2) is 0 Å². The molecule has 1 amide bonds. The molecule has 0 saturated carbocycles. The molecule has 1 aliphatic heterocycles. The van der Waals surface area contributed by atoms with Crippen molar-refractivity contribution in [2.45, 2.75) is 51.6 Å². The first-order valence-corrected chi connectivity index (χ1v) is 6.77. The Morgan fingerprint density at radius 1 is 1.47 bits per heavy atom. The van der Waals surface area contributed by atoms with Crippen LogP contribution < -0.4 is 5.32 Å². The summed E-state index contributed by atoms with van der Waals surface area (Å²) < 4.78 is 5.11. The molecule has 0 bridgehead atoms. The van der Waals surface area contributed by atoms with Gasteiger partial charge in [-0.3, -0.25) is 4.79 Å². The molecule has 100 valence electrons. The third-order valence-corrected chi connectivity index (χ3v) is 3.56. The zero-order valence-corrected chi connectivity index (χ0v) is 11.4. The molecule has 1 atom stereocenters. The Bertz CT molecular complexity index is 223. The number of amides is 1. The highest BCUT2D eigenvalue weighted by Crippen LogP contribution is 2.14. The van der Waals surface area contributed by atoms with E-state index in [1.165, 1.54) is 0 Å². The Balaban J connectivity index is 2.62. The summed E-state index contributed by atoms with van der Waals surface area (Å²) in [5, 5.41) is 3.28. The van der Waals surface area contributed by atoms with Crippen LogP contribution in [0.1, 0.15) is 39.5 Å². The first kappa shape index (κ1) is 14.5. The summed E-state index contributed by atoms with van der Waals surface area (Å²) in [5.41, 5.74) is 0. The molecule has 1 rings (SSSR count). The number of nitrogens with one attached hydrogen (secondary N) is 1. The predicted octanol–water partition coefficient (Wildman–Crippen LogP) is 1.40. The van der Waals surface area contributed by atoms with Crippen LogP contribution >= 0.6 is 0 Å². The molecule has 1 fully saturated rings. The number of nitrogens with zero attached hydrogens (tertiary/aromatic N) is 1. The minimum Gasteiger partial charge on any atom is -0.383 e. The second-order valence-corrected chi connectivity index (χ2v) is 4.64. The van der Waals surface area contributed by atoms with Crippen molar-refractivity contribution in [3.05, 3.63) is 0 Å². The quantitative estimate of drug-likeness (QED) is 0.734. The van der Waals surface area contributed by atoms with E-state index >= 15 is 0 Å². The Kier molecular flexibility index (Phi) is 6.52. The summed E-state index contributed by atoms with van der Waals surface area (Å²) in [6, 6.07) is 0.382. The van der Waals surface area contributed by atoms with E-state index in [2.05, 4.69) is 19.2 Å². The van der Waals surface area contributed by atoms with E-state index in [4.69, 9.17) is 4.74 Å². The van der Waals surface area contributed by atoms with Crippen molar-refractivity contribution >= 4 is 5.91 Å². The van der Waals surface area contributed by atoms with Crippen LogP contribution in [0.2, 0.25) is 0 Å². The van der Waals surface area contributed by atoms with Crippen molar-refractivity contribution in [2.24, 2.45) is 0 Å². The molecule has 1 unspecified atom stereocenters. The zero-order valence-electron chi connectivity index (χ0n) is 11.4. The van der Waals surface area contributed by atoms with Gasteiger partial charge in [0.2, 0.25) is 5.91 Å². The van der Waals surface area contributed by atoms with Crippen molar-refractivity contribution in [2.75, 3.05) is 26.8 Å². The highest BCUT2D eigenvalue weighted by atomic mass is 16.5. The summed E-state index contributed by atoms with van der Waals surface area (Å²) >= 11 is 0. The standard InChI is InChI=1S/C13H26N2O2/c1-4-11(5-2)15(9-10-17-3)13(16)12-7-6-8-14-12/h11-12,14H,4-10H2,1-3H3. The third kappa shape index (κ3) is 3.96. The van der Waals surface area contributed by atoms with E-state index in [1.807, 2.05) is 4.90 Å². The number of hydrogen-bond donors (Lipinski definition) is 1. The fourth-order valence-electron chi connectivity index (χ4n) is 2.49. The lowest BCUT2D eigenvalue weighted by Gasteiger charge is -2.32. The second-order valence-electron chi connectivity index (χ2n) is 4.64. The van der Waals surface area contributed by atoms with Gasteiger partial charge in [-0.15, -0.1) is 0 Å². The van der Waals surface area contributed by atoms with Gasteiger partial charge in [-0.2, -0.15) is 0 Å². The molecule has 1 aliphatic rings. The molecule has 1 saturated heterocycles. The molecule has 4 nitrogen and oxygen atoms in total. The lowest BCUT2D eigenvalue weighted by molar-refractivity contribution is -0.136. The predicted molar refractivity (Wildman–Crippen MR) is 69.0 cm³/mol. The molecule has 1 heterocycles. The first-order chi connectivity index (χ1) is 8.24. The monoisotopic (exact) mass is 242 g/mol. The average Bonchev–Trinajstić information content (AvgIpc) is 2.87. The number of ether oxygens (including phenoxy) is 1. The molecular weight excluding hydrogens is 216 g/mol. The van der Waals surface area contributed by atoms with Gasteiger partial charge in [-0.25, -0.2) is 0 Å². The molecule has 1 N–H and O–H groups in total. The summed E-state index contributed by atoms with van der Waals surface area (Å²) in [6.07, 6.45) is 4.11. The number of hydrogen-bond acceptors (Lipinski definition) is 3. The highest BCUT2D eigenvalue weighted by molar-refractivity contribution is 5.82. The van der Waals surface area contributed by atoms with E-state index in [0.717, 1.165) is 32.2 Å². The second kappa shape index (κ2) is 7.67. The largest absolute Gasteiger partial charge is 0.383 e.